The minimum absolute atomic E-state index is 0.0686. The maximum atomic E-state index is 11.7. The van der Waals surface area contributed by atoms with Gasteiger partial charge in [-0.1, -0.05) is 20.3 Å². The predicted octanol–water partition coefficient (Wildman–Crippen LogP) is 2.18. The number of aromatic nitrogens is 1. The molecule has 3 N–H and O–H groups in total. The van der Waals surface area contributed by atoms with Crippen molar-refractivity contribution >= 4 is 17.5 Å². The van der Waals surface area contributed by atoms with Gasteiger partial charge in [0.25, 0.3) is 5.91 Å². The molecule has 1 aromatic rings. The summed E-state index contributed by atoms with van der Waals surface area (Å²) in [6.45, 7) is 5.70. The van der Waals surface area contributed by atoms with Crippen LogP contribution in [-0.2, 0) is 11.2 Å². The van der Waals surface area contributed by atoms with Gasteiger partial charge in [0.05, 0.1) is 23.1 Å². The zero-order valence-corrected chi connectivity index (χ0v) is 11.7. The van der Waals surface area contributed by atoms with Crippen LogP contribution >= 0.6 is 0 Å². The molecule has 0 bridgehead atoms. The second-order valence-corrected chi connectivity index (χ2v) is 4.52. The summed E-state index contributed by atoms with van der Waals surface area (Å²) in [4.78, 5) is 27.4. The highest BCUT2D eigenvalue weighted by Crippen LogP contribution is 2.23. The number of nitrogens with two attached hydrogens (primary N) is 1. The first-order valence-electron chi connectivity index (χ1n) is 6.59. The molecule has 19 heavy (non-hydrogen) atoms. The van der Waals surface area contributed by atoms with E-state index >= 15 is 0 Å². The predicted molar refractivity (Wildman–Crippen MR) is 75.0 cm³/mol. The number of hydrogen-bond donors (Lipinski definition) is 2. The van der Waals surface area contributed by atoms with E-state index in [2.05, 4.69) is 10.3 Å². The number of amides is 2. The highest BCUT2D eigenvalue weighted by Gasteiger charge is 2.17. The molecule has 0 radical (unpaired) electrons. The molecular formula is C14H21N3O2. The van der Waals surface area contributed by atoms with E-state index < -0.39 is 5.91 Å². The smallest absolute Gasteiger partial charge is 0.250 e. The minimum Gasteiger partial charge on any atom is -0.366 e. The van der Waals surface area contributed by atoms with Crippen LogP contribution in [0.5, 0.6) is 0 Å². The lowest BCUT2D eigenvalue weighted by molar-refractivity contribution is -0.116. The standard InChI is InChI=1S/C14H21N3O2/c1-4-6-10-11(17-12(18)7-5-2)8-16-9(3)13(10)14(15)19/h8H,4-7H2,1-3H3,(H2,15,19)(H,17,18). The molecule has 0 aliphatic heterocycles. The van der Waals surface area contributed by atoms with Gasteiger partial charge in [-0.15, -0.1) is 0 Å². The van der Waals surface area contributed by atoms with E-state index in [1.807, 2.05) is 13.8 Å². The Hall–Kier alpha value is -1.91. The lowest BCUT2D eigenvalue weighted by Crippen LogP contribution is -2.20. The molecule has 104 valence electrons. The minimum atomic E-state index is -0.500. The zero-order valence-electron chi connectivity index (χ0n) is 11.7. The SMILES string of the molecule is CCCC(=O)Nc1cnc(C)c(C(N)=O)c1CCC. The Bertz CT molecular complexity index is 484. The molecule has 2 amide bonds. The molecule has 0 spiro atoms. The largest absolute Gasteiger partial charge is 0.366 e. The van der Waals surface area contributed by atoms with Gasteiger partial charge in [-0.2, -0.15) is 0 Å². The van der Waals surface area contributed by atoms with Gasteiger partial charge < -0.3 is 11.1 Å². The average molecular weight is 263 g/mol. The van der Waals surface area contributed by atoms with Crippen molar-refractivity contribution in [2.45, 2.75) is 46.5 Å². The molecule has 0 aliphatic carbocycles. The normalized spacial score (nSPS) is 10.3. The van der Waals surface area contributed by atoms with Crippen molar-refractivity contribution in [1.29, 1.82) is 0 Å². The fourth-order valence-corrected chi connectivity index (χ4v) is 2.04. The van der Waals surface area contributed by atoms with Crippen LogP contribution in [0.15, 0.2) is 6.20 Å². The Kier molecular flexibility index (Phi) is 5.48. The van der Waals surface area contributed by atoms with Crippen LogP contribution in [0.1, 0.15) is 54.7 Å². The van der Waals surface area contributed by atoms with Gasteiger partial charge in [0.15, 0.2) is 0 Å². The van der Waals surface area contributed by atoms with Gasteiger partial charge in [0, 0.05) is 6.42 Å². The second-order valence-electron chi connectivity index (χ2n) is 4.52. The summed E-state index contributed by atoms with van der Waals surface area (Å²) >= 11 is 0. The van der Waals surface area contributed by atoms with Gasteiger partial charge in [-0.05, 0) is 25.3 Å². The topological polar surface area (TPSA) is 85.1 Å². The first-order valence-corrected chi connectivity index (χ1v) is 6.59. The summed E-state index contributed by atoms with van der Waals surface area (Å²) in [5, 5.41) is 2.81. The molecule has 0 aliphatic rings. The zero-order chi connectivity index (χ0) is 14.4. The number of nitrogens with one attached hydrogen (secondary N) is 1. The fourth-order valence-electron chi connectivity index (χ4n) is 2.04. The van der Waals surface area contributed by atoms with E-state index in [-0.39, 0.29) is 5.91 Å². The van der Waals surface area contributed by atoms with Crippen molar-refractivity contribution in [1.82, 2.24) is 4.98 Å². The Morgan fingerprint density at radius 2 is 2.00 bits per heavy atom. The number of hydrogen-bond acceptors (Lipinski definition) is 3. The lowest BCUT2D eigenvalue weighted by Gasteiger charge is -2.14. The van der Waals surface area contributed by atoms with E-state index in [0.29, 0.717) is 29.8 Å². The van der Waals surface area contributed by atoms with Crippen molar-refractivity contribution in [2.75, 3.05) is 5.32 Å². The third-order valence-corrected chi connectivity index (χ3v) is 2.87. The molecule has 5 nitrogen and oxygen atoms in total. The third-order valence-electron chi connectivity index (χ3n) is 2.87. The summed E-state index contributed by atoms with van der Waals surface area (Å²) in [7, 11) is 0. The summed E-state index contributed by atoms with van der Waals surface area (Å²) in [6, 6.07) is 0. The molecular weight excluding hydrogens is 242 g/mol. The van der Waals surface area contributed by atoms with Gasteiger partial charge >= 0.3 is 0 Å². The Morgan fingerprint density at radius 1 is 1.32 bits per heavy atom. The summed E-state index contributed by atoms with van der Waals surface area (Å²) in [5.41, 5.74) is 7.82. The third kappa shape index (κ3) is 3.77. The second kappa shape index (κ2) is 6.87. The van der Waals surface area contributed by atoms with E-state index in [4.69, 9.17) is 5.73 Å². The molecule has 1 heterocycles. The number of anilines is 1. The van der Waals surface area contributed by atoms with Crippen LogP contribution in [0.2, 0.25) is 0 Å². The van der Waals surface area contributed by atoms with Gasteiger partial charge in [0.2, 0.25) is 5.91 Å². The highest BCUT2D eigenvalue weighted by atomic mass is 16.2. The molecule has 1 rings (SSSR count). The lowest BCUT2D eigenvalue weighted by atomic mass is 10.00. The summed E-state index contributed by atoms with van der Waals surface area (Å²) < 4.78 is 0. The quantitative estimate of drug-likeness (QED) is 0.824. The van der Waals surface area contributed by atoms with Gasteiger partial charge in [0.1, 0.15) is 0 Å². The van der Waals surface area contributed by atoms with E-state index in [1.165, 1.54) is 0 Å². The maximum absolute atomic E-state index is 11.7. The fraction of sp³-hybridized carbons (Fsp3) is 0.500. The Labute approximate surface area is 113 Å². The summed E-state index contributed by atoms with van der Waals surface area (Å²) in [5.74, 6) is -0.569. The molecule has 0 saturated carbocycles. The maximum Gasteiger partial charge on any atom is 0.250 e. The molecule has 0 unspecified atom stereocenters. The Morgan fingerprint density at radius 3 is 2.53 bits per heavy atom. The number of rotatable bonds is 6. The van der Waals surface area contributed by atoms with Crippen molar-refractivity contribution in [3.63, 3.8) is 0 Å². The highest BCUT2D eigenvalue weighted by molar-refractivity contribution is 5.99. The van der Waals surface area contributed by atoms with Crippen LogP contribution < -0.4 is 11.1 Å². The summed E-state index contributed by atoms with van der Waals surface area (Å²) in [6.07, 6.45) is 4.37. The van der Waals surface area contributed by atoms with Crippen LogP contribution in [-0.4, -0.2) is 16.8 Å². The molecule has 0 saturated heterocycles. The van der Waals surface area contributed by atoms with E-state index in [1.54, 1.807) is 13.1 Å². The van der Waals surface area contributed by atoms with Crippen molar-refractivity contribution in [3.8, 4) is 0 Å². The number of carbonyl (C=O) groups is 2. The van der Waals surface area contributed by atoms with E-state index in [0.717, 1.165) is 18.4 Å². The first kappa shape index (κ1) is 15.1. The van der Waals surface area contributed by atoms with Crippen LogP contribution in [0.4, 0.5) is 5.69 Å². The van der Waals surface area contributed by atoms with Gasteiger partial charge in [-0.3, -0.25) is 14.6 Å². The van der Waals surface area contributed by atoms with Crippen molar-refractivity contribution in [2.24, 2.45) is 5.73 Å². The van der Waals surface area contributed by atoms with Crippen LogP contribution in [0.25, 0.3) is 0 Å². The van der Waals surface area contributed by atoms with Crippen LogP contribution in [0, 0.1) is 6.92 Å². The van der Waals surface area contributed by atoms with E-state index in [9.17, 15) is 9.59 Å². The number of primary amides is 1. The molecule has 5 heteroatoms. The first-order chi connectivity index (χ1) is 9.01. The number of aryl methyl sites for hydroxylation is 1. The molecule has 0 fully saturated rings. The van der Waals surface area contributed by atoms with Crippen molar-refractivity contribution < 1.29 is 9.59 Å². The number of carbonyl (C=O) groups excluding carboxylic acids is 2. The molecule has 1 aromatic heterocycles. The number of pyridine rings is 1. The monoisotopic (exact) mass is 263 g/mol. The van der Waals surface area contributed by atoms with Gasteiger partial charge in [-0.25, -0.2) is 0 Å². The Balaban J connectivity index is 3.20. The van der Waals surface area contributed by atoms with Crippen LogP contribution in [0.3, 0.4) is 0 Å². The van der Waals surface area contributed by atoms with Crippen molar-refractivity contribution in [3.05, 3.63) is 23.0 Å². The molecule has 0 atom stereocenters. The molecule has 0 aromatic carbocycles. The average Bonchev–Trinajstić information content (AvgIpc) is 2.33. The number of nitrogens with zero attached hydrogens (tertiary/aromatic N) is 1.